The van der Waals surface area contributed by atoms with Crippen LogP contribution in [0.5, 0.6) is 0 Å². The molecule has 5 amide bonds. The SMILES string of the molecule is Cc1ncsc1-c1ccc([C@H](C)NC(=O)[C@@H]2C[C@@H](O)CN2C(=O)[C@@H](NC(=O)CCCCCC(=O)N2CCN(CC[C@H](CSc3ccccc3)Nc3ccc(S(=O)(=O)NC(=O)c4ccc(N5C[C@H]6CN(CC7=C(c8ccc(Cl)cc8)CCC(C)(C)C7)C[C@H]6C5)cc4)cc3S(=O)(=O)C(F)(F)F)CC2)C(C)(C)C)cc1. The average Bonchev–Trinajstić information content (AvgIpc) is 0.955. The minimum atomic E-state index is -6.18. The van der Waals surface area contributed by atoms with E-state index in [1.54, 1.807) is 33.9 Å². The number of rotatable bonds is 28. The average molecular weight is 1570 g/mol. The number of amides is 5. The summed E-state index contributed by atoms with van der Waals surface area (Å²) in [4.78, 5) is 82.9. The van der Waals surface area contributed by atoms with Crippen LogP contribution in [0.2, 0.25) is 5.02 Å². The Kier molecular flexibility index (Phi) is 25.8. The van der Waals surface area contributed by atoms with E-state index in [4.69, 9.17) is 11.6 Å². The number of sulfonamides is 1. The lowest BCUT2D eigenvalue weighted by Gasteiger charge is -2.35. The molecule has 0 bridgehead atoms. The van der Waals surface area contributed by atoms with Crippen LogP contribution in [0.4, 0.5) is 24.5 Å². The molecule has 0 spiro atoms. The highest BCUT2D eigenvalue weighted by Gasteiger charge is 2.49. The molecule has 28 heteroatoms. The minimum Gasteiger partial charge on any atom is -0.391 e. The van der Waals surface area contributed by atoms with Crippen LogP contribution in [0.15, 0.2) is 147 Å². The zero-order valence-electron chi connectivity index (χ0n) is 61.7. The van der Waals surface area contributed by atoms with Crippen molar-refractivity contribution in [3.63, 3.8) is 0 Å². The number of thiazole rings is 1. The van der Waals surface area contributed by atoms with Crippen molar-refractivity contribution in [3.05, 3.63) is 160 Å². The van der Waals surface area contributed by atoms with Gasteiger partial charge in [0, 0.05) is 124 Å². The number of sulfone groups is 1. The van der Waals surface area contributed by atoms with Gasteiger partial charge in [-0.25, -0.2) is 26.5 Å². The summed E-state index contributed by atoms with van der Waals surface area (Å²) in [5, 5.41) is 20.4. The van der Waals surface area contributed by atoms with Gasteiger partial charge >= 0.3 is 5.51 Å². The molecule has 0 saturated carbocycles. The minimum absolute atomic E-state index is 0.0278. The molecular formula is C79H98ClF3N10O10S4. The molecule has 4 fully saturated rings. The summed E-state index contributed by atoms with van der Waals surface area (Å²) in [7, 11) is -11.1. The van der Waals surface area contributed by atoms with Crippen LogP contribution in [0.3, 0.4) is 0 Å². The van der Waals surface area contributed by atoms with Gasteiger partial charge in [-0.3, -0.25) is 33.8 Å². The highest BCUT2D eigenvalue weighted by molar-refractivity contribution is 7.99. The Labute approximate surface area is 640 Å². The molecule has 107 heavy (non-hydrogen) atoms. The van der Waals surface area contributed by atoms with Gasteiger partial charge in [-0.05, 0) is 164 Å². The molecular weight excluding hydrogens is 1470 g/mol. The summed E-state index contributed by atoms with van der Waals surface area (Å²) in [5.41, 5.74) is 2.72. The lowest BCUT2D eigenvalue weighted by atomic mass is 9.73. The Morgan fingerprint density at radius 3 is 2.09 bits per heavy atom. The molecule has 5 N–H and O–H groups in total. The molecule has 5 aromatic carbocycles. The first-order valence-corrected chi connectivity index (χ1v) is 42.0. The smallest absolute Gasteiger partial charge is 0.391 e. The summed E-state index contributed by atoms with van der Waals surface area (Å²) < 4.78 is 101. The zero-order valence-corrected chi connectivity index (χ0v) is 65.7. The van der Waals surface area contributed by atoms with Crippen molar-refractivity contribution in [3.8, 4) is 10.4 Å². The maximum Gasteiger partial charge on any atom is 0.501 e. The van der Waals surface area contributed by atoms with Crippen LogP contribution in [-0.2, 0) is 39.0 Å². The second-order valence-corrected chi connectivity index (χ2v) is 37.0. The van der Waals surface area contributed by atoms with E-state index >= 15 is 0 Å². The van der Waals surface area contributed by atoms with Crippen molar-refractivity contribution >= 4 is 101 Å². The van der Waals surface area contributed by atoms with Crippen LogP contribution in [0, 0.1) is 29.6 Å². The third-order valence-electron chi connectivity index (χ3n) is 21.3. The Balaban J connectivity index is 0.643. The number of nitrogens with zero attached hydrogens (tertiary/aromatic N) is 6. The molecule has 0 radical (unpaired) electrons. The van der Waals surface area contributed by atoms with E-state index in [9.17, 15) is 59.1 Å². The summed E-state index contributed by atoms with van der Waals surface area (Å²) >= 11 is 9.19. The largest absolute Gasteiger partial charge is 0.501 e. The molecule has 0 unspecified atom stereocenters. The molecule has 4 saturated heterocycles. The molecule has 11 rings (SSSR count). The van der Waals surface area contributed by atoms with Crippen LogP contribution >= 0.6 is 34.7 Å². The summed E-state index contributed by atoms with van der Waals surface area (Å²) in [6, 6.07) is 31.0. The number of aliphatic hydroxyl groups is 1. The number of allylic oxidation sites excluding steroid dienone is 1. The zero-order chi connectivity index (χ0) is 76.8. The first-order chi connectivity index (χ1) is 50.7. The van der Waals surface area contributed by atoms with Gasteiger partial charge in [0.25, 0.3) is 25.8 Å². The van der Waals surface area contributed by atoms with E-state index in [0.717, 1.165) is 96.4 Å². The number of aliphatic hydroxyl groups excluding tert-OH is 1. The third-order valence-corrected chi connectivity index (χ3v) is 26.6. The van der Waals surface area contributed by atoms with E-state index in [0.29, 0.717) is 81.3 Å². The van der Waals surface area contributed by atoms with E-state index < -0.39 is 94.3 Å². The molecule has 20 nitrogen and oxygen atoms in total. The van der Waals surface area contributed by atoms with Crippen LogP contribution in [0.25, 0.3) is 16.0 Å². The third kappa shape index (κ3) is 20.4. The summed E-state index contributed by atoms with van der Waals surface area (Å²) in [6.07, 6.45) is 4.43. The van der Waals surface area contributed by atoms with Crippen molar-refractivity contribution in [2.45, 2.75) is 163 Å². The number of hydrogen-bond acceptors (Lipinski definition) is 17. The Hall–Kier alpha value is -7.37. The second-order valence-electron chi connectivity index (χ2n) is 31.1. The van der Waals surface area contributed by atoms with Crippen molar-refractivity contribution in [1.82, 2.24) is 39.9 Å². The van der Waals surface area contributed by atoms with Crippen LogP contribution < -0.4 is 25.6 Å². The quantitative estimate of drug-likeness (QED) is 0.0226. The number of β-amino-alcohol motifs (C(OH)–C–C–N with tert-alkyl or cyclic N) is 1. The van der Waals surface area contributed by atoms with Gasteiger partial charge < -0.3 is 35.8 Å². The Morgan fingerprint density at radius 1 is 0.785 bits per heavy atom. The number of likely N-dealkylation sites (tertiary alicyclic amines) is 2. The fourth-order valence-corrected chi connectivity index (χ4v) is 19.3. The monoisotopic (exact) mass is 1570 g/mol. The van der Waals surface area contributed by atoms with E-state index in [-0.39, 0.29) is 54.4 Å². The molecule has 5 heterocycles. The van der Waals surface area contributed by atoms with Gasteiger partial charge in [0.15, 0.2) is 0 Å². The molecule has 5 aliphatic rings. The normalized spacial score (nSPS) is 20.4. The number of thioether (sulfide) groups is 1. The highest BCUT2D eigenvalue weighted by Crippen LogP contribution is 2.45. The van der Waals surface area contributed by atoms with Gasteiger partial charge in [-0.2, -0.15) is 13.2 Å². The van der Waals surface area contributed by atoms with Gasteiger partial charge in [-0.1, -0.05) is 113 Å². The number of carbonyl (C=O) groups excluding carboxylic acids is 5. The fourth-order valence-electron chi connectivity index (χ4n) is 15.3. The summed E-state index contributed by atoms with van der Waals surface area (Å²) in [5.74, 6) is -1.24. The van der Waals surface area contributed by atoms with Crippen molar-refractivity contribution in [2.75, 3.05) is 88.0 Å². The summed E-state index contributed by atoms with van der Waals surface area (Å²) in [6.45, 7) is 20.4. The topological polar surface area (TPSA) is 251 Å². The Morgan fingerprint density at radius 2 is 1.45 bits per heavy atom. The number of alkyl halides is 3. The van der Waals surface area contributed by atoms with Gasteiger partial charge in [0.1, 0.15) is 17.0 Å². The van der Waals surface area contributed by atoms with Gasteiger partial charge in [0.05, 0.1) is 38.8 Å². The van der Waals surface area contributed by atoms with E-state index in [1.165, 1.54) is 45.5 Å². The number of benzene rings is 5. The fraction of sp³-hybridized carbons (Fsp3) is 0.494. The number of piperazine rings is 1. The maximum absolute atomic E-state index is 14.6. The molecule has 576 valence electrons. The first-order valence-electron chi connectivity index (χ1n) is 36.8. The molecule has 4 aliphatic heterocycles. The number of nitrogens with one attached hydrogen (secondary N) is 4. The predicted molar refractivity (Wildman–Crippen MR) is 414 cm³/mol. The predicted octanol–water partition coefficient (Wildman–Crippen LogP) is 12.6. The van der Waals surface area contributed by atoms with E-state index in [2.05, 4.69) is 61.6 Å². The second kappa shape index (κ2) is 34.3. The number of fused-ring (bicyclic) bond motifs is 1. The molecule has 6 aromatic rings. The van der Waals surface area contributed by atoms with Crippen molar-refractivity contribution < 1.29 is 59.1 Å². The van der Waals surface area contributed by atoms with Crippen molar-refractivity contribution in [1.29, 1.82) is 0 Å². The number of aromatic nitrogens is 1. The number of hydrogen-bond donors (Lipinski definition) is 5. The highest BCUT2D eigenvalue weighted by atomic mass is 35.5. The number of unbranched alkanes of at least 4 members (excludes halogenated alkanes) is 2. The Bertz CT molecular complexity index is 4410. The van der Waals surface area contributed by atoms with Gasteiger partial charge in [0.2, 0.25) is 23.6 Å². The standard InChI is InChI=1S/C79H98ClF3N10O10S4/c1-51(53-18-20-55(21-19-53)72-52(2)84-50-105-72)85-75(98)68-40-63(94)48-93(68)76(99)73(77(3,4)5)87-70(95)16-12-9-13-17-71(96)91-38-36-89(37-39-91)35-33-61(49-104-64-14-10-8-11-15-64)86-67-31-30-65(41-69(67)106(100,101)79(81,82)83)107(102,103)88-74(97)56-24-28-62(29-25-56)92-46-58-44-90(45-59(58)47-92)43-57-42-78(6,7)34-32-66(57)54-22-26-60(80)27-23-54/h8,10-11,14-15,18-31,41,50-51,58-59,61,63,68,73,86,94H,9,12-13,16-17,32-40,42-49H2,1-7H3,(H,85,98)(H,87,95)(H,88,97)/t51-,58-,59+,61+,63+,68-,73+/m0/s1. The number of carbonyl (C=O) groups is 5. The number of aryl methyl sites for hydroxylation is 1. The maximum atomic E-state index is 14.6. The number of anilines is 2. The van der Waals surface area contributed by atoms with Crippen LogP contribution in [0.1, 0.15) is 139 Å². The number of halogens is 4. The first kappa shape index (κ1) is 80.6. The van der Waals surface area contributed by atoms with Gasteiger partial charge in [-0.15, -0.1) is 23.1 Å². The molecule has 1 aromatic heterocycles. The molecule has 1 aliphatic carbocycles. The lowest BCUT2D eigenvalue weighted by molar-refractivity contribution is -0.144. The van der Waals surface area contributed by atoms with E-state index in [1.807, 2.05) is 106 Å². The lowest BCUT2D eigenvalue weighted by Crippen LogP contribution is -2.57. The van der Waals surface area contributed by atoms with Crippen molar-refractivity contribution in [2.24, 2.45) is 22.7 Å². The molecule has 7 atom stereocenters. The van der Waals surface area contributed by atoms with Crippen LogP contribution in [-0.4, -0.2) is 184 Å².